The Morgan fingerprint density at radius 3 is 2.75 bits per heavy atom. The van der Waals surface area contributed by atoms with Crippen molar-refractivity contribution in [2.75, 3.05) is 13.2 Å². The van der Waals surface area contributed by atoms with Crippen molar-refractivity contribution in [1.82, 2.24) is 5.32 Å². The molecule has 1 rings (SSSR count). The number of aliphatic carboxylic acids is 1. The number of nitrogens with one attached hydrogen (secondary N) is 1. The first-order valence-corrected chi connectivity index (χ1v) is 7.51. The van der Waals surface area contributed by atoms with Crippen molar-refractivity contribution in [3.05, 3.63) is 28.2 Å². The van der Waals surface area contributed by atoms with Crippen LogP contribution in [0.4, 0.5) is 0 Å². The van der Waals surface area contributed by atoms with Gasteiger partial charge < -0.3 is 15.2 Å². The van der Waals surface area contributed by atoms with E-state index < -0.39 is 11.4 Å². The van der Waals surface area contributed by atoms with Gasteiger partial charge in [-0.25, -0.2) is 0 Å². The predicted molar refractivity (Wildman–Crippen MR) is 83.1 cm³/mol. The minimum absolute atomic E-state index is 0.144. The fraction of sp³-hybridized carbons (Fsp3) is 0.533. The molecular weight excluding hydrogens is 322 g/mol. The van der Waals surface area contributed by atoms with Gasteiger partial charge in [0.15, 0.2) is 0 Å². The van der Waals surface area contributed by atoms with Crippen LogP contribution in [0.5, 0.6) is 5.75 Å². The summed E-state index contributed by atoms with van der Waals surface area (Å²) in [7, 11) is 0. The highest BCUT2D eigenvalue weighted by Gasteiger charge is 2.28. The molecule has 0 aliphatic rings. The van der Waals surface area contributed by atoms with Gasteiger partial charge in [-0.1, -0.05) is 22.9 Å². The van der Waals surface area contributed by atoms with Gasteiger partial charge in [0, 0.05) is 16.6 Å². The molecule has 0 atom stereocenters. The van der Waals surface area contributed by atoms with Gasteiger partial charge in [0.2, 0.25) is 0 Å². The molecular formula is C15H22BrNO3. The highest BCUT2D eigenvalue weighted by molar-refractivity contribution is 9.10. The maximum Gasteiger partial charge on any atom is 0.312 e. The normalized spacial score (nSPS) is 11.4. The third kappa shape index (κ3) is 5.13. The van der Waals surface area contributed by atoms with Gasteiger partial charge in [0.25, 0.3) is 0 Å². The van der Waals surface area contributed by atoms with Crippen molar-refractivity contribution < 1.29 is 14.6 Å². The molecule has 1 aromatic carbocycles. The number of carboxylic acid groups (broad SMARTS) is 1. The molecule has 4 nitrogen and oxygen atoms in total. The number of rotatable bonds is 8. The van der Waals surface area contributed by atoms with Crippen LogP contribution < -0.4 is 10.1 Å². The van der Waals surface area contributed by atoms with Crippen molar-refractivity contribution >= 4 is 21.9 Å². The lowest BCUT2D eigenvalue weighted by atomic mass is 9.95. The molecule has 0 aromatic heterocycles. The average molecular weight is 344 g/mol. The highest BCUT2D eigenvalue weighted by atomic mass is 79.9. The maximum atomic E-state index is 11.1. The Bertz CT molecular complexity index is 460. The largest absolute Gasteiger partial charge is 0.492 e. The number of hydrogen-bond acceptors (Lipinski definition) is 3. The van der Waals surface area contributed by atoms with Crippen molar-refractivity contribution in [2.24, 2.45) is 5.41 Å². The minimum atomic E-state index is -0.902. The van der Waals surface area contributed by atoms with Crippen LogP contribution in [0.3, 0.4) is 0 Å². The van der Waals surface area contributed by atoms with Crippen LogP contribution in [0, 0.1) is 5.41 Å². The SMILES string of the molecule is CCCNCc1cc(Br)ccc1OCC(C)(C)C(=O)O. The Morgan fingerprint density at radius 2 is 2.15 bits per heavy atom. The lowest BCUT2D eigenvalue weighted by Gasteiger charge is -2.21. The van der Waals surface area contributed by atoms with Crippen LogP contribution in [0.2, 0.25) is 0 Å². The monoisotopic (exact) mass is 343 g/mol. The van der Waals surface area contributed by atoms with Gasteiger partial charge in [0.05, 0.1) is 5.41 Å². The molecule has 2 N–H and O–H groups in total. The van der Waals surface area contributed by atoms with E-state index in [1.807, 2.05) is 18.2 Å². The first-order chi connectivity index (χ1) is 9.36. The predicted octanol–water partition coefficient (Wildman–Crippen LogP) is 3.44. The molecule has 0 spiro atoms. The number of hydrogen-bond donors (Lipinski definition) is 2. The van der Waals surface area contributed by atoms with Gasteiger partial charge in [-0.3, -0.25) is 4.79 Å². The molecule has 0 saturated carbocycles. The minimum Gasteiger partial charge on any atom is -0.492 e. The molecule has 0 saturated heterocycles. The summed E-state index contributed by atoms with van der Waals surface area (Å²) in [6.07, 6.45) is 1.07. The Labute approximate surface area is 128 Å². The fourth-order valence-corrected chi connectivity index (χ4v) is 1.96. The lowest BCUT2D eigenvalue weighted by Crippen LogP contribution is -2.31. The molecule has 0 aliphatic heterocycles. The first-order valence-electron chi connectivity index (χ1n) is 6.72. The van der Waals surface area contributed by atoms with E-state index in [1.54, 1.807) is 13.8 Å². The molecule has 112 valence electrons. The third-order valence-corrected chi connectivity index (χ3v) is 3.43. The summed E-state index contributed by atoms with van der Waals surface area (Å²) < 4.78 is 6.69. The molecule has 0 bridgehead atoms. The number of carboxylic acids is 1. The van der Waals surface area contributed by atoms with Crippen LogP contribution >= 0.6 is 15.9 Å². The summed E-state index contributed by atoms with van der Waals surface area (Å²) in [6, 6.07) is 5.75. The molecule has 0 radical (unpaired) electrons. The zero-order valence-electron chi connectivity index (χ0n) is 12.2. The molecule has 1 aromatic rings. The van der Waals surface area contributed by atoms with E-state index >= 15 is 0 Å². The summed E-state index contributed by atoms with van der Waals surface area (Å²) in [5.41, 5.74) is 0.121. The zero-order chi connectivity index (χ0) is 15.2. The maximum absolute atomic E-state index is 11.1. The van der Waals surface area contributed by atoms with E-state index in [4.69, 9.17) is 9.84 Å². The molecule has 0 amide bonds. The van der Waals surface area contributed by atoms with E-state index in [1.165, 1.54) is 0 Å². The van der Waals surface area contributed by atoms with Gasteiger partial charge in [-0.15, -0.1) is 0 Å². The quantitative estimate of drug-likeness (QED) is 0.710. The Morgan fingerprint density at radius 1 is 1.45 bits per heavy atom. The standard InChI is InChI=1S/C15H22BrNO3/c1-4-7-17-9-11-8-12(16)5-6-13(11)20-10-15(2,3)14(18)19/h5-6,8,17H,4,7,9-10H2,1-3H3,(H,18,19). The number of benzene rings is 1. The summed E-state index contributed by atoms with van der Waals surface area (Å²) >= 11 is 3.44. The number of carbonyl (C=O) groups is 1. The van der Waals surface area contributed by atoms with Crippen LogP contribution in [0.1, 0.15) is 32.8 Å². The zero-order valence-corrected chi connectivity index (χ0v) is 13.8. The smallest absolute Gasteiger partial charge is 0.312 e. The Hall–Kier alpha value is -1.07. The lowest BCUT2D eigenvalue weighted by molar-refractivity contribution is -0.148. The van der Waals surface area contributed by atoms with Gasteiger partial charge >= 0.3 is 5.97 Å². The van der Waals surface area contributed by atoms with Gasteiger partial charge in [-0.2, -0.15) is 0 Å². The molecule has 0 aliphatic carbocycles. The van der Waals surface area contributed by atoms with Crippen LogP contribution in [0.15, 0.2) is 22.7 Å². The average Bonchev–Trinajstić information content (AvgIpc) is 2.38. The molecule has 5 heteroatoms. The van der Waals surface area contributed by atoms with Crippen molar-refractivity contribution in [3.8, 4) is 5.75 Å². The second-order valence-corrected chi connectivity index (χ2v) is 6.32. The van der Waals surface area contributed by atoms with E-state index in [-0.39, 0.29) is 6.61 Å². The Balaban J connectivity index is 2.75. The van der Waals surface area contributed by atoms with E-state index in [2.05, 4.69) is 28.2 Å². The second-order valence-electron chi connectivity index (χ2n) is 5.41. The van der Waals surface area contributed by atoms with Crippen LogP contribution in [0.25, 0.3) is 0 Å². The molecule has 20 heavy (non-hydrogen) atoms. The van der Waals surface area contributed by atoms with Crippen LogP contribution in [-0.4, -0.2) is 24.2 Å². The molecule has 0 heterocycles. The van der Waals surface area contributed by atoms with Crippen molar-refractivity contribution in [3.63, 3.8) is 0 Å². The van der Waals surface area contributed by atoms with Gasteiger partial charge in [0.1, 0.15) is 12.4 Å². The topological polar surface area (TPSA) is 58.6 Å². The third-order valence-electron chi connectivity index (χ3n) is 2.93. The van der Waals surface area contributed by atoms with E-state index in [9.17, 15) is 4.79 Å². The summed E-state index contributed by atoms with van der Waals surface area (Å²) in [6.45, 7) is 7.21. The fourth-order valence-electron chi connectivity index (χ4n) is 1.55. The number of halogens is 1. The van der Waals surface area contributed by atoms with E-state index in [0.29, 0.717) is 6.54 Å². The molecule has 0 unspecified atom stereocenters. The summed E-state index contributed by atoms with van der Waals surface area (Å²) in [5, 5.41) is 12.4. The first kappa shape index (κ1) is 17.0. The van der Waals surface area contributed by atoms with Crippen molar-refractivity contribution in [1.29, 1.82) is 0 Å². The summed E-state index contributed by atoms with van der Waals surface area (Å²) in [5.74, 6) is -0.133. The second kappa shape index (κ2) is 7.64. The highest BCUT2D eigenvalue weighted by Crippen LogP contribution is 2.25. The van der Waals surface area contributed by atoms with Crippen molar-refractivity contribution in [2.45, 2.75) is 33.7 Å². The van der Waals surface area contributed by atoms with E-state index in [0.717, 1.165) is 28.8 Å². The number of ether oxygens (including phenoxy) is 1. The van der Waals surface area contributed by atoms with Gasteiger partial charge in [-0.05, 0) is 45.0 Å². The molecule has 0 fully saturated rings. The Kier molecular flexibility index (Phi) is 6.49. The van der Waals surface area contributed by atoms with Crippen LogP contribution in [-0.2, 0) is 11.3 Å². The summed E-state index contributed by atoms with van der Waals surface area (Å²) in [4.78, 5) is 11.1.